The molecular formula is C20H22N4O6S. The zero-order valence-corrected chi connectivity index (χ0v) is 17.8. The van der Waals surface area contributed by atoms with Gasteiger partial charge in [0.1, 0.15) is 17.5 Å². The van der Waals surface area contributed by atoms with Crippen molar-refractivity contribution in [1.29, 1.82) is 0 Å². The molecule has 0 bridgehead atoms. The Balaban J connectivity index is 1.81. The summed E-state index contributed by atoms with van der Waals surface area (Å²) in [5, 5.41) is 13.5. The number of amides is 2. The van der Waals surface area contributed by atoms with Crippen LogP contribution in [-0.4, -0.2) is 52.5 Å². The number of nitrogens with zero attached hydrogens (tertiary/aromatic N) is 2. The Bertz CT molecular complexity index is 1120. The van der Waals surface area contributed by atoms with E-state index in [1.54, 1.807) is 42.3 Å². The van der Waals surface area contributed by atoms with E-state index < -0.39 is 23.8 Å². The van der Waals surface area contributed by atoms with Crippen molar-refractivity contribution in [1.82, 2.24) is 14.7 Å². The maximum Gasteiger partial charge on any atom is 0.326 e. The highest BCUT2D eigenvalue weighted by molar-refractivity contribution is 7.15. The third kappa shape index (κ3) is 5.12. The molecule has 0 saturated carbocycles. The number of rotatable bonds is 10. The van der Waals surface area contributed by atoms with Crippen molar-refractivity contribution in [3.05, 3.63) is 35.5 Å². The maximum atomic E-state index is 12.4. The van der Waals surface area contributed by atoms with Gasteiger partial charge in [-0.1, -0.05) is 0 Å². The molecule has 2 amide bonds. The highest BCUT2D eigenvalue weighted by atomic mass is 32.1. The summed E-state index contributed by atoms with van der Waals surface area (Å²) in [6.45, 7) is 0. The number of benzene rings is 1. The predicted octanol–water partition coefficient (Wildman–Crippen LogP) is 1.46. The number of carbonyl (C=O) groups excluding carboxylic acids is 2. The molecule has 0 spiro atoms. The molecule has 1 atom stereocenters. The monoisotopic (exact) mass is 446 g/mol. The summed E-state index contributed by atoms with van der Waals surface area (Å²) in [6, 6.07) is 4.20. The summed E-state index contributed by atoms with van der Waals surface area (Å²) < 4.78 is 12.5. The predicted molar refractivity (Wildman–Crippen MR) is 113 cm³/mol. The number of thiazole rings is 1. The Morgan fingerprint density at radius 2 is 2.06 bits per heavy atom. The van der Waals surface area contributed by atoms with E-state index in [1.807, 2.05) is 6.07 Å². The van der Waals surface area contributed by atoms with Gasteiger partial charge in [-0.25, -0.2) is 9.78 Å². The normalized spacial score (nSPS) is 11.8. The molecule has 0 aliphatic carbocycles. The number of aliphatic carboxylic acids is 1. The van der Waals surface area contributed by atoms with Gasteiger partial charge in [-0.15, -0.1) is 11.3 Å². The van der Waals surface area contributed by atoms with Crippen molar-refractivity contribution in [2.75, 3.05) is 14.2 Å². The van der Waals surface area contributed by atoms with Crippen LogP contribution in [0.1, 0.15) is 18.5 Å². The van der Waals surface area contributed by atoms with Gasteiger partial charge in [0.2, 0.25) is 11.8 Å². The van der Waals surface area contributed by atoms with E-state index in [1.165, 1.54) is 11.3 Å². The molecule has 3 aromatic rings. The lowest BCUT2D eigenvalue weighted by Crippen LogP contribution is -2.42. The van der Waals surface area contributed by atoms with E-state index in [-0.39, 0.29) is 19.3 Å². The number of primary amides is 1. The lowest BCUT2D eigenvalue weighted by atomic mass is 10.1. The first kappa shape index (κ1) is 22.1. The highest BCUT2D eigenvalue weighted by Gasteiger charge is 2.22. The number of fused-ring (bicyclic) bond motifs is 1. The van der Waals surface area contributed by atoms with Crippen LogP contribution in [0.4, 0.5) is 0 Å². The third-order valence-electron chi connectivity index (χ3n) is 4.62. The molecule has 2 aromatic heterocycles. The van der Waals surface area contributed by atoms with Gasteiger partial charge in [-0.05, 0) is 24.6 Å². The van der Waals surface area contributed by atoms with Crippen LogP contribution in [0, 0.1) is 0 Å². The van der Waals surface area contributed by atoms with Gasteiger partial charge < -0.3 is 25.6 Å². The zero-order valence-electron chi connectivity index (χ0n) is 17.0. The molecule has 0 saturated heterocycles. The molecule has 0 aliphatic rings. The van der Waals surface area contributed by atoms with Crippen molar-refractivity contribution in [2.24, 2.45) is 5.73 Å². The van der Waals surface area contributed by atoms with Gasteiger partial charge >= 0.3 is 5.97 Å². The number of hydrogen-bond acceptors (Lipinski definition) is 7. The van der Waals surface area contributed by atoms with Crippen LogP contribution in [0.25, 0.3) is 16.2 Å². The number of carboxylic acids is 1. The Morgan fingerprint density at radius 3 is 2.71 bits per heavy atom. The van der Waals surface area contributed by atoms with Crippen molar-refractivity contribution < 1.29 is 29.0 Å². The van der Waals surface area contributed by atoms with E-state index in [0.717, 1.165) is 5.56 Å². The molecule has 0 radical (unpaired) electrons. The minimum absolute atomic E-state index is 0.0502. The average molecular weight is 446 g/mol. The third-order valence-corrected chi connectivity index (χ3v) is 5.51. The lowest BCUT2D eigenvalue weighted by Gasteiger charge is -2.13. The number of aromatic nitrogens is 2. The second kappa shape index (κ2) is 9.47. The maximum absolute atomic E-state index is 12.4. The molecule has 1 aromatic carbocycles. The molecule has 164 valence electrons. The van der Waals surface area contributed by atoms with Crippen LogP contribution in [0.3, 0.4) is 0 Å². The molecule has 2 heterocycles. The van der Waals surface area contributed by atoms with Crippen molar-refractivity contribution >= 4 is 34.1 Å². The number of methoxy groups -OCH3 is 2. The molecule has 1 unspecified atom stereocenters. The molecule has 31 heavy (non-hydrogen) atoms. The van der Waals surface area contributed by atoms with Crippen LogP contribution >= 0.6 is 11.3 Å². The average Bonchev–Trinajstić information content (AvgIpc) is 3.32. The molecule has 4 N–H and O–H groups in total. The fourth-order valence-electron chi connectivity index (χ4n) is 3.05. The Morgan fingerprint density at radius 1 is 1.29 bits per heavy atom. The number of carboxylic acid groups (broad SMARTS) is 1. The molecule has 0 aliphatic heterocycles. The molecule has 11 heteroatoms. The van der Waals surface area contributed by atoms with Gasteiger partial charge in [0.25, 0.3) is 0 Å². The molecule has 0 fully saturated rings. The first-order chi connectivity index (χ1) is 14.8. The quantitative estimate of drug-likeness (QED) is 0.427. The van der Waals surface area contributed by atoms with Crippen LogP contribution in [-0.2, 0) is 20.8 Å². The highest BCUT2D eigenvalue weighted by Crippen LogP contribution is 2.34. The minimum Gasteiger partial charge on any atom is -0.497 e. The van der Waals surface area contributed by atoms with Gasteiger partial charge in [0.15, 0.2) is 4.96 Å². The minimum atomic E-state index is -1.22. The summed E-state index contributed by atoms with van der Waals surface area (Å²) in [7, 11) is 3.14. The SMILES string of the molecule is COc1ccc(OC)c(-c2cn3c(CC(=O)NC(CCC(N)=O)C(=O)O)csc3n2)c1. The lowest BCUT2D eigenvalue weighted by molar-refractivity contribution is -0.142. The zero-order chi connectivity index (χ0) is 22.5. The summed E-state index contributed by atoms with van der Waals surface area (Å²) in [6.07, 6.45) is 1.53. The smallest absolute Gasteiger partial charge is 0.326 e. The van der Waals surface area contributed by atoms with Crippen LogP contribution < -0.4 is 20.5 Å². The van der Waals surface area contributed by atoms with E-state index in [2.05, 4.69) is 10.3 Å². The van der Waals surface area contributed by atoms with E-state index >= 15 is 0 Å². The fourth-order valence-corrected chi connectivity index (χ4v) is 3.93. The number of nitrogens with one attached hydrogen (secondary N) is 1. The van der Waals surface area contributed by atoms with Gasteiger partial charge in [0, 0.05) is 29.3 Å². The second-order valence-corrected chi connectivity index (χ2v) is 7.55. The van der Waals surface area contributed by atoms with Crippen LogP contribution in [0.15, 0.2) is 29.8 Å². The number of hydrogen-bond donors (Lipinski definition) is 3. The van der Waals surface area contributed by atoms with Gasteiger partial charge in [-0.2, -0.15) is 0 Å². The summed E-state index contributed by atoms with van der Waals surface area (Å²) >= 11 is 1.36. The van der Waals surface area contributed by atoms with E-state index in [0.29, 0.717) is 27.8 Å². The van der Waals surface area contributed by atoms with Gasteiger partial charge in [0.05, 0.1) is 26.3 Å². The van der Waals surface area contributed by atoms with Crippen LogP contribution in [0.5, 0.6) is 11.5 Å². The van der Waals surface area contributed by atoms with Crippen molar-refractivity contribution in [3.63, 3.8) is 0 Å². The molecule has 10 nitrogen and oxygen atoms in total. The Kier molecular flexibility index (Phi) is 6.75. The summed E-state index contributed by atoms with van der Waals surface area (Å²) in [5.74, 6) is -1.04. The first-order valence-electron chi connectivity index (χ1n) is 9.30. The summed E-state index contributed by atoms with van der Waals surface area (Å²) in [5.41, 5.74) is 7.10. The Hall–Kier alpha value is -3.60. The van der Waals surface area contributed by atoms with Crippen molar-refractivity contribution in [2.45, 2.75) is 25.3 Å². The topological polar surface area (TPSA) is 145 Å². The standard InChI is InChI=1S/C20H22N4O6S/c1-29-12-3-5-16(30-2)13(8-12)15-9-24-11(10-31-20(24)23-15)7-18(26)22-14(19(27)28)4-6-17(21)25/h3,5,8-10,14H,4,6-7H2,1-2H3,(H2,21,25)(H,22,26)(H,27,28). The number of carbonyl (C=O) groups is 3. The van der Waals surface area contributed by atoms with Crippen molar-refractivity contribution in [3.8, 4) is 22.8 Å². The fraction of sp³-hybridized carbons (Fsp3) is 0.300. The largest absolute Gasteiger partial charge is 0.497 e. The van der Waals surface area contributed by atoms with Gasteiger partial charge in [-0.3, -0.25) is 14.0 Å². The number of imidazole rings is 1. The first-order valence-corrected chi connectivity index (χ1v) is 10.2. The Labute approximate surface area is 181 Å². The number of ether oxygens (including phenoxy) is 2. The second-order valence-electron chi connectivity index (χ2n) is 6.71. The molecule has 3 rings (SSSR count). The van der Waals surface area contributed by atoms with Crippen LogP contribution in [0.2, 0.25) is 0 Å². The summed E-state index contributed by atoms with van der Waals surface area (Å²) in [4.78, 5) is 39.9. The van der Waals surface area contributed by atoms with E-state index in [4.69, 9.17) is 15.2 Å². The molecular weight excluding hydrogens is 424 g/mol. The number of nitrogens with two attached hydrogens (primary N) is 1. The van der Waals surface area contributed by atoms with E-state index in [9.17, 15) is 19.5 Å².